The van der Waals surface area contributed by atoms with Gasteiger partial charge in [0.2, 0.25) is 5.91 Å². The van der Waals surface area contributed by atoms with Crippen LogP contribution in [0, 0.1) is 11.8 Å². The second kappa shape index (κ2) is 7.85. The van der Waals surface area contributed by atoms with Crippen molar-refractivity contribution in [2.24, 2.45) is 17.6 Å². The molecule has 0 heterocycles. The monoisotopic (exact) mass is 268 g/mol. The Bertz CT molecular complexity index is 273. The lowest BCUT2D eigenvalue weighted by Crippen LogP contribution is -2.43. The Morgan fingerprint density at radius 1 is 1.16 bits per heavy atom. The first kappa shape index (κ1) is 14.8. The molecule has 0 aromatic rings. The van der Waals surface area contributed by atoms with Gasteiger partial charge < -0.3 is 15.8 Å². The number of hydrogen-bond donors (Lipinski definition) is 2. The molecular formula is C15H28N2O2. The Morgan fingerprint density at radius 2 is 1.89 bits per heavy atom. The molecule has 2 rings (SSSR count). The lowest BCUT2D eigenvalue weighted by molar-refractivity contribution is -0.123. The van der Waals surface area contributed by atoms with Crippen molar-refractivity contribution in [2.75, 3.05) is 19.8 Å². The second-order valence-corrected chi connectivity index (χ2v) is 6.16. The Balaban J connectivity index is 1.50. The number of carbonyl (C=O) groups is 1. The predicted octanol–water partition coefficient (Wildman–Crippen LogP) is 1.83. The summed E-state index contributed by atoms with van der Waals surface area (Å²) in [4.78, 5) is 11.8. The van der Waals surface area contributed by atoms with Crippen molar-refractivity contribution in [2.45, 2.75) is 57.4 Å². The fraction of sp³-hybridized carbons (Fsp3) is 0.933. The number of nitrogens with two attached hydrogens (primary N) is 1. The highest BCUT2D eigenvalue weighted by atomic mass is 16.5. The molecule has 4 nitrogen and oxygen atoms in total. The van der Waals surface area contributed by atoms with Crippen LogP contribution < -0.4 is 11.1 Å². The largest absolute Gasteiger partial charge is 0.379 e. The molecule has 19 heavy (non-hydrogen) atoms. The van der Waals surface area contributed by atoms with Gasteiger partial charge in [-0.05, 0) is 31.1 Å². The van der Waals surface area contributed by atoms with Crippen LogP contribution in [0.5, 0.6) is 0 Å². The number of carbonyl (C=O) groups excluding carboxylic acids is 1. The molecule has 1 unspecified atom stereocenters. The molecule has 110 valence electrons. The van der Waals surface area contributed by atoms with Crippen molar-refractivity contribution in [3.63, 3.8) is 0 Å². The predicted molar refractivity (Wildman–Crippen MR) is 75.7 cm³/mol. The molecule has 2 saturated carbocycles. The minimum absolute atomic E-state index is 0.0133. The van der Waals surface area contributed by atoms with Gasteiger partial charge in [-0.3, -0.25) is 4.79 Å². The fourth-order valence-corrected chi connectivity index (χ4v) is 2.80. The minimum Gasteiger partial charge on any atom is -0.379 e. The van der Waals surface area contributed by atoms with Crippen LogP contribution in [-0.2, 0) is 9.53 Å². The van der Waals surface area contributed by atoms with E-state index in [9.17, 15) is 4.79 Å². The number of rotatable bonds is 8. The molecule has 0 aromatic heterocycles. The standard InChI is InChI=1S/C15H28N2O2/c16-14(10-12-4-2-1-3-5-12)15(18)17-8-9-19-11-13-6-7-13/h12-14H,1-11,16H2,(H,17,18). The van der Waals surface area contributed by atoms with Gasteiger partial charge in [-0.1, -0.05) is 32.1 Å². The summed E-state index contributed by atoms with van der Waals surface area (Å²) >= 11 is 0. The van der Waals surface area contributed by atoms with Crippen LogP contribution in [0.2, 0.25) is 0 Å². The summed E-state index contributed by atoms with van der Waals surface area (Å²) < 4.78 is 5.48. The number of ether oxygens (including phenoxy) is 1. The van der Waals surface area contributed by atoms with E-state index in [-0.39, 0.29) is 11.9 Å². The fourth-order valence-electron chi connectivity index (χ4n) is 2.80. The second-order valence-electron chi connectivity index (χ2n) is 6.16. The maximum Gasteiger partial charge on any atom is 0.237 e. The van der Waals surface area contributed by atoms with Crippen LogP contribution in [0.15, 0.2) is 0 Å². The molecule has 2 aliphatic carbocycles. The van der Waals surface area contributed by atoms with Gasteiger partial charge in [0.25, 0.3) is 0 Å². The van der Waals surface area contributed by atoms with E-state index in [1.807, 2.05) is 0 Å². The highest BCUT2D eigenvalue weighted by Crippen LogP contribution is 2.28. The van der Waals surface area contributed by atoms with Crippen LogP contribution in [0.1, 0.15) is 51.4 Å². The first-order valence-electron chi connectivity index (χ1n) is 7.86. The van der Waals surface area contributed by atoms with E-state index in [2.05, 4.69) is 5.32 Å². The molecule has 1 atom stereocenters. The Kier molecular flexibility index (Phi) is 6.11. The maximum atomic E-state index is 11.8. The molecule has 2 fully saturated rings. The molecule has 0 aromatic carbocycles. The van der Waals surface area contributed by atoms with E-state index in [4.69, 9.17) is 10.5 Å². The maximum absolute atomic E-state index is 11.8. The van der Waals surface area contributed by atoms with Gasteiger partial charge in [0, 0.05) is 13.2 Å². The zero-order valence-corrected chi connectivity index (χ0v) is 11.9. The van der Waals surface area contributed by atoms with E-state index >= 15 is 0 Å². The van der Waals surface area contributed by atoms with E-state index in [0.29, 0.717) is 19.1 Å². The van der Waals surface area contributed by atoms with Gasteiger partial charge in [-0.15, -0.1) is 0 Å². The molecule has 1 amide bonds. The zero-order valence-electron chi connectivity index (χ0n) is 11.9. The summed E-state index contributed by atoms with van der Waals surface area (Å²) in [6, 6.07) is -0.341. The highest BCUT2D eigenvalue weighted by Gasteiger charge is 2.22. The summed E-state index contributed by atoms with van der Waals surface area (Å²) in [7, 11) is 0. The lowest BCUT2D eigenvalue weighted by Gasteiger charge is -2.24. The molecule has 0 saturated heterocycles. The van der Waals surface area contributed by atoms with Gasteiger partial charge >= 0.3 is 0 Å². The molecular weight excluding hydrogens is 240 g/mol. The molecule has 0 aliphatic heterocycles. The Hall–Kier alpha value is -0.610. The molecule has 2 aliphatic rings. The average molecular weight is 268 g/mol. The first-order chi connectivity index (χ1) is 9.25. The first-order valence-corrected chi connectivity index (χ1v) is 7.86. The Labute approximate surface area is 116 Å². The molecule has 4 heteroatoms. The number of hydrogen-bond acceptors (Lipinski definition) is 3. The summed E-state index contributed by atoms with van der Waals surface area (Å²) in [5.74, 6) is 1.42. The van der Waals surface area contributed by atoms with Crippen LogP contribution in [0.3, 0.4) is 0 Å². The molecule has 0 spiro atoms. The zero-order chi connectivity index (χ0) is 13.5. The van der Waals surface area contributed by atoms with Crippen molar-refractivity contribution in [3.8, 4) is 0 Å². The third-order valence-corrected chi connectivity index (χ3v) is 4.24. The van der Waals surface area contributed by atoms with Crippen molar-refractivity contribution in [1.82, 2.24) is 5.32 Å². The van der Waals surface area contributed by atoms with Gasteiger partial charge in [-0.2, -0.15) is 0 Å². The van der Waals surface area contributed by atoms with E-state index in [1.165, 1.54) is 44.9 Å². The molecule has 3 N–H and O–H groups in total. The topological polar surface area (TPSA) is 64.4 Å². The van der Waals surface area contributed by atoms with Gasteiger partial charge in [0.05, 0.1) is 12.6 Å². The van der Waals surface area contributed by atoms with Gasteiger partial charge in [0.1, 0.15) is 0 Å². The minimum atomic E-state index is -0.341. The summed E-state index contributed by atoms with van der Waals surface area (Å²) in [5.41, 5.74) is 5.97. The van der Waals surface area contributed by atoms with Crippen molar-refractivity contribution >= 4 is 5.91 Å². The number of nitrogens with one attached hydrogen (secondary N) is 1. The molecule has 0 radical (unpaired) electrons. The van der Waals surface area contributed by atoms with E-state index < -0.39 is 0 Å². The van der Waals surface area contributed by atoms with Crippen LogP contribution in [-0.4, -0.2) is 31.7 Å². The highest BCUT2D eigenvalue weighted by molar-refractivity contribution is 5.81. The van der Waals surface area contributed by atoms with Crippen molar-refractivity contribution < 1.29 is 9.53 Å². The quantitative estimate of drug-likeness (QED) is 0.660. The summed E-state index contributed by atoms with van der Waals surface area (Å²) in [5, 5.41) is 2.88. The van der Waals surface area contributed by atoms with Gasteiger partial charge in [-0.25, -0.2) is 0 Å². The van der Waals surface area contributed by atoms with E-state index in [0.717, 1.165) is 18.9 Å². The lowest BCUT2D eigenvalue weighted by atomic mass is 9.85. The normalized spacial score (nSPS) is 22.2. The van der Waals surface area contributed by atoms with Gasteiger partial charge in [0.15, 0.2) is 0 Å². The smallest absolute Gasteiger partial charge is 0.237 e. The summed E-state index contributed by atoms with van der Waals surface area (Å²) in [6.45, 7) is 2.05. The van der Waals surface area contributed by atoms with Crippen LogP contribution in [0.4, 0.5) is 0 Å². The third kappa shape index (κ3) is 5.91. The Morgan fingerprint density at radius 3 is 2.58 bits per heavy atom. The molecule has 0 bridgehead atoms. The number of amides is 1. The average Bonchev–Trinajstić information content (AvgIpc) is 3.23. The van der Waals surface area contributed by atoms with Crippen molar-refractivity contribution in [1.29, 1.82) is 0 Å². The van der Waals surface area contributed by atoms with Crippen molar-refractivity contribution in [3.05, 3.63) is 0 Å². The third-order valence-electron chi connectivity index (χ3n) is 4.24. The van der Waals surface area contributed by atoms with E-state index in [1.54, 1.807) is 0 Å². The SMILES string of the molecule is NC(CC1CCCCC1)C(=O)NCCOCC1CC1. The summed E-state index contributed by atoms with van der Waals surface area (Å²) in [6.07, 6.45) is 9.88. The van der Waals surface area contributed by atoms with Crippen LogP contribution >= 0.6 is 0 Å². The van der Waals surface area contributed by atoms with Crippen LogP contribution in [0.25, 0.3) is 0 Å².